The summed E-state index contributed by atoms with van der Waals surface area (Å²) in [4.78, 5) is 36.2. The maximum atomic E-state index is 13.1. The topological polar surface area (TPSA) is 105 Å². The lowest BCUT2D eigenvalue weighted by Crippen LogP contribution is -2.60. The van der Waals surface area contributed by atoms with Gasteiger partial charge in [-0.05, 0) is 51.0 Å². The SMILES string of the molecule is CNC(=O)COc1cc2cc(Nc3nc(N4CC5(CCN(I)CC5)C4)ncc3Cl)ccc2n(C(C)C)c1=O. The average Bonchev–Trinajstić information content (AvgIpc) is 2.87. The number of piperidine rings is 1. The third kappa shape index (κ3) is 5.41. The number of anilines is 3. The zero-order valence-corrected chi connectivity index (χ0v) is 24.5. The predicted octanol–water partition coefficient (Wildman–Crippen LogP) is 4.15. The van der Waals surface area contributed by atoms with Crippen LogP contribution in [0.2, 0.25) is 5.02 Å². The van der Waals surface area contributed by atoms with E-state index in [1.165, 1.54) is 19.9 Å². The van der Waals surface area contributed by atoms with Gasteiger partial charge in [-0.25, -0.2) is 8.10 Å². The molecule has 2 aromatic heterocycles. The second kappa shape index (κ2) is 10.9. The highest BCUT2D eigenvalue weighted by Gasteiger charge is 2.45. The van der Waals surface area contributed by atoms with Crippen molar-refractivity contribution < 1.29 is 9.53 Å². The Labute approximate surface area is 240 Å². The second-order valence-electron chi connectivity index (χ2n) is 10.3. The van der Waals surface area contributed by atoms with Gasteiger partial charge in [-0.3, -0.25) is 9.59 Å². The molecule has 0 saturated carbocycles. The molecule has 2 aliphatic rings. The van der Waals surface area contributed by atoms with Gasteiger partial charge < -0.3 is 24.8 Å². The van der Waals surface area contributed by atoms with E-state index in [9.17, 15) is 9.59 Å². The second-order valence-corrected chi connectivity index (χ2v) is 12.0. The largest absolute Gasteiger partial charge is 0.478 e. The van der Waals surface area contributed by atoms with E-state index >= 15 is 0 Å². The summed E-state index contributed by atoms with van der Waals surface area (Å²) in [6.07, 6.45) is 4.02. The summed E-state index contributed by atoms with van der Waals surface area (Å²) in [6.45, 7) is 7.79. The number of hydrogen-bond acceptors (Lipinski definition) is 8. The number of carbonyl (C=O) groups excluding carboxylic acids is 1. The Bertz CT molecular complexity index is 1410. The van der Waals surface area contributed by atoms with Crippen LogP contribution in [0.5, 0.6) is 5.75 Å². The van der Waals surface area contributed by atoms with Crippen LogP contribution >= 0.6 is 34.5 Å². The fourth-order valence-electron chi connectivity index (χ4n) is 5.14. The molecule has 0 radical (unpaired) electrons. The predicted molar refractivity (Wildman–Crippen MR) is 158 cm³/mol. The smallest absolute Gasteiger partial charge is 0.293 e. The highest BCUT2D eigenvalue weighted by molar-refractivity contribution is 14.1. The molecule has 1 aromatic carbocycles. The molecule has 3 aromatic rings. The third-order valence-corrected chi connectivity index (χ3v) is 8.50. The fourth-order valence-corrected chi connectivity index (χ4v) is 5.76. The minimum Gasteiger partial charge on any atom is -0.478 e. The normalized spacial score (nSPS) is 17.1. The Hall–Kier alpha value is -2.64. The van der Waals surface area contributed by atoms with Crippen LogP contribution in [0.15, 0.2) is 35.3 Å². The van der Waals surface area contributed by atoms with E-state index in [1.54, 1.807) is 16.8 Å². The Morgan fingerprint density at radius 3 is 2.66 bits per heavy atom. The van der Waals surface area contributed by atoms with E-state index in [0.717, 1.165) is 42.8 Å². The molecule has 1 spiro atoms. The first-order valence-corrected chi connectivity index (χ1v) is 14.0. The highest BCUT2D eigenvalue weighted by Crippen LogP contribution is 2.42. The van der Waals surface area contributed by atoms with Gasteiger partial charge in [-0.15, -0.1) is 0 Å². The van der Waals surface area contributed by atoms with Crippen LogP contribution in [-0.4, -0.2) is 63.4 Å². The molecular weight excluding hydrogens is 621 g/mol. The number of benzene rings is 1. The van der Waals surface area contributed by atoms with Crippen molar-refractivity contribution in [2.24, 2.45) is 5.41 Å². The molecule has 12 heteroatoms. The molecule has 2 fully saturated rings. The molecule has 1 amide bonds. The molecule has 10 nitrogen and oxygen atoms in total. The van der Waals surface area contributed by atoms with Crippen LogP contribution in [0.3, 0.4) is 0 Å². The van der Waals surface area contributed by atoms with Crippen LogP contribution in [0.25, 0.3) is 10.9 Å². The number of carbonyl (C=O) groups is 1. The summed E-state index contributed by atoms with van der Waals surface area (Å²) >= 11 is 8.87. The van der Waals surface area contributed by atoms with E-state index in [2.05, 4.69) is 46.5 Å². The fraction of sp³-hybridized carbons (Fsp3) is 0.462. The molecule has 5 rings (SSSR count). The van der Waals surface area contributed by atoms with Gasteiger partial charge in [0.25, 0.3) is 11.5 Å². The molecular formula is C26H31ClIN7O3. The van der Waals surface area contributed by atoms with Crippen molar-refractivity contribution in [2.45, 2.75) is 32.7 Å². The Morgan fingerprint density at radius 2 is 1.97 bits per heavy atom. The molecule has 4 heterocycles. The average molecular weight is 652 g/mol. The minimum atomic E-state index is -0.311. The lowest BCUT2D eigenvalue weighted by atomic mass is 9.72. The maximum Gasteiger partial charge on any atom is 0.293 e. The monoisotopic (exact) mass is 651 g/mol. The van der Waals surface area contributed by atoms with Gasteiger partial charge in [0.15, 0.2) is 18.2 Å². The molecule has 202 valence electrons. The van der Waals surface area contributed by atoms with E-state index in [4.69, 9.17) is 21.3 Å². The number of halogens is 2. The van der Waals surface area contributed by atoms with Crippen molar-refractivity contribution in [3.05, 3.63) is 45.8 Å². The van der Waals surface area contributed by atoms with Crippen molar-refractivity contribution >= 4 is 68.7 Å². The standard InChI is InChI=1S/C26H31ClIN7O3/c1-16(2)35-20-5-4-18(10-17(20)11-21(24(35)37)38-13-22(36)29-3)31-23-19(27)12-30-25(32-23)33-14-26(15-33)6-8-34(28)9-7-26/h4-5,10-12,16H,6-9,13-15H2,1-3H3,(H,29,36)(H,30,31,32). The van der Waals surface area contributed by atoms with E-state index in [0.29, 0.717) is 22.2 Å². The van der Waals surface area contributed by atoms with Crippen molar-refractivity contribution in [2.75, 3.05) is 50.1 Å². The quantitative estimate of drug-likeness (QED) is 0.290. The lowest BCUT2D eigenvalue weighted by Gasteiger charge is -2.53. The first kappa shape index (κ1) is 26.9. The van der Waals surface area contributed by atoms with Crippen molar-refractivity contribution in [1.82, 2.24) is 23.0 Å². The summed E-state index contributed by atoms with van der Waals surface area (Å²) in [7, 11) is 1.52. The molecule has 0 unspecified atom stereocenters. The van der Waals surface area contributed by atoms with E-state index in [-0.39, 0.29) is 29.9 Å². The molecule has 2 saturated heterocycles. The molecule has 38 heavy (non-hydrogen) atoms. The van der Waals surface area contributed by atoms with Crippen LogP contribution < -0.4 is 25.8 Å². The molecule has 0 bridgehead atoms. The molecule has 2 aliphatic heterocycles. The molecule has 0 aliphatic carbocycles. The van der Waals surface area contributed by atoms with Crippen LogP contribution in [-0.2, 0) is 4.79 Å². The van der Waals surface area contributed by atoms with Gasteiger partial charge in [-0.2, -0.15) is 4.98 Å². The van der Waals surface area contributed by atoms with Gasteiger partial charge in [0.05, 0.1) is 11.7 Å². The summed E-state index contributed by atoms with van der Waals surface area (Å²) in [5.74, 6) is 0.995. The number of rotatable bonds is 7. The van der Waals surface area contributed by atoms with Crippen molar-refractivity contribution in [1.29, 1.82) is 0 Å². The summed E-state index contributed by atoms with van der Waals surface area (Å²) in [5.41, 5.74) is 1.60. The number of likely N-dealkylation sites (N-methyl/N-ethyl adjacent to an activating group) is 1. The molecule has 0 atom stereocenters. The number of aromatic nitrogens is 3. The van der Waals surface area contributed by atoms with E-state index in [1.807, 2.05) is 32.0 Å². The van der Waals surface area contributed by atoms with Crippen LogP contribution in [0, 0.1) is 5.41 Å². The summed E-state index contributed by atoms with van der Waals surface area (Å²) < 4.78 is 9.58. The lowest BCUT2D eigenvalue weighted by molar-refractivity contribution is -0.122. The first-order chi connectivity index (χ1) is 18.2. The van der Waals surface area contributed by atoms with Crippen LogP contribution in [0.4, 0.5) is 17.5 Å². The number of fused-ring (bicyclic) bond motifs is 1. The zero-order valence-electron chi connectivity index (χ0n) is 21.6. The van der Waals surface area contributed by atoms with Crippen molar-refractivity contribution in [3.8, 4) is 5.75 Å². The van der Waals surface area contributed by atoms with E-state index < -0.39 is 0 Å². The van der Waals surface area contributed by atoms with Gasteiger partial charge >= 0.3 is 0 Å². The summed E-state index contributed by atoms with van der Waals surface area (Å²) in [5, 5.41) is 7.02. The number of amides is 1. The van der Waals surface area contributed by atoms with Crippen LogP contribution in [0.1, 0.15) is 32.7 Å². The Kier molecular flexibility index (Phi) is 7.70. The summed E-state index contributed by atoms with van der Waals surface area (Å²) in [6, 6.07) is 7.25. The first-order valence-electron chi connectivity index (χ1n) is 12.7. The number of nitrogens with one attached hydrogen (secondary N) is 2. The van der Waals surface area contributed by atoms with Gasteiger partial charge in [0.2, 0.25) is 5.95 Å². The maximum absolute atomic E-state index is 13.1. The Balaban J connectivity index is 1.39. The van der Waals surface area contributed by atoms with Gasteiger partial charge in [0.1, 0.15) is 5.02 Å². The zero-order chi connectivity index (χ0) is 27.0. The van der Waals surface area contributed by atoms with Crippen molar-refractivity contribution in [3.63, 3.8) is 0 Å². The minimum absolute atomic E-state index is 0.102. The number of pyridine rings is 1. The number of ether oxygens (including phenoxy) is 1. The van der Waals surface area contributed by atoms with Gasteiger partial charge in [-0.1, -0.05) is 11.6 Å². The number of hydrogen-bond donors (Lipinski definition) is 2. The molecule has 2 N–H and O–H groups in total. The Morgan fingerprint density at radius 1 is 1.24 bits per heavy atom. The highest BCUT2D eigenvalue weighted by atomic mass is 127. The van der Waals surface area contributed by atoms with Gasteiger partial charge in [0, 0.05) is 78.6 Å². The third-order valence-electron chi connectivity index (χ3n) is 7.26. The number of nitrogens with zero attached hydrogens (tertiary/aromatic N) is 5.